The number of hydrogen-bond donors (Lipinski definition) is 1. The van der Waals surface area contributed by atoms with Gasteiger partial charge in [-0.15, -0.1) is 0 Å². The molecule has 0 unspecified atom stereocenters. The Kier molecular flexibility index (Phi) is 2.45. The fourth-order valence-corrected chi connectivity index (χ4v) is 2.56. The van der Waals surface area contributed by atoms with Crippen molar-refractivity contribution in [3.8, 4) is 11.1 Å². The van der Waals surface area contributed by atoms with Gasteiger partial charge in [0.05, 0.1) is 5.41 Å². The molecule has 1 aliphatic heterocycles. The molecule has 0 aliphatic carbocycles. The molecule has 1 aliphatic rings. The maximum Gasteiger partial charge on any atom is 0.234 e. The van der Waals surface area contributed by atoms with Crippen molar-refractivity contribution >= 4 is 11.6 Å². The molecule has 3 heteroatoms. The summed E-state index contributed by atoms with van der Waals surface area (Å²) in [4.78, 5) is 16.1. The molecule has 96 valence electrons. The monoisotopic (exact) mass is 252 g/mol. The van der Waals surface area contributed by atoms with E-state index in [0.29, 0.717) is 0 Å². The Hall–Kier alpha value is -2.16. The molecule has 0 radical (unpaired) electrons. The van der Waals surface area contributed by atoms with Crippen LogP contribution in [0.2, 0.25) is 0 Å². The normalized spacial score (nSPS) is 16.1. The van der Waals surface area contributed by atoms with Crippen LogP contribution in [0.15, 0.2) is 36.7 Å². The SMILES string of the molecule is Cc1cnccc1-c1ccc2c(c1)NC(=O)C2(C)C. The molecule has 0 saturated carbocycles. The van der Waals surface area contributed by atoms with Gasteiger partial charge in [-0.1, -0.05) is 12.1 Å². The minimum Gasteiger partial charge on any atom is -0.325 e. The number of hydrogen-bond acceptors (Lipinski definition) is 2. The van der Waals surface area contributed by atoms with Gasteiger partial charge in [-0.25, -0.2) is 0 Å². The second kappa shape index (κ2) is 3.92. The van der Waals surface area contributed by atoms with Gasteiger partial charge in [0.1, 0.15) is 0 Å². The van der Waals surface area contributed by atoms with Gasteiger partial charge in [0.15, 0.2) is 0 Å². The van der Waals surface area contributed by atoms with Crippen molar-refractivity contribution in [3.63, 3.8) is 0 Å². The zero-order valence-corrected chi connectivity index (χ0v) is 11.3. The lowest BCUT2D eigenvalue weighted by Crippen LogP contribution is -2.26. The van der Waals surface area contributed by atoms with E-state index >= 15 is 0 Å². The fourth-order valence-electron chi connectivity index (χ4n) is 2.56. The maximum absolute atomic E-state index is 11.9. The van der Waals surface area contributed by atoms with E-state index in [1.807, 2.05) is 45.2 Å². The number of carbonyl (C=O) groups excluding carboxylic acids is 1. The molecule has 19 heavy (non-hydrogen) atoms. The summed E-state index contributed by atoms with van der Waals surface area (Å²) in [7, 11) is 0. The molecule has 2 aromatic rings. The van der Waals surface area contributed by atoms with Gasteiger partial charge < -0.3 is 5.32 Å². The van der Waals surface area contributed by atoms with Crippen LogP contribution in [0.4, 0.5) is 5.69 Å². The van der Waals surface area contributed by atoms with Crippen molar-refractivity contribution in [1.29, 1.82) is 0 Å². The Labute approximate surface area is 112 Å². The molecule has 0 saturated heterocycles. The highest BCUT2D eigenvalue weighted by atomic mass is 16.2. The summed E-state index contributed by atoms with van der Waals surface area (Å²) in [6.45, 7) is 5.94. The van der Waals surface area contributed by atoms with Gasteiger partial charge >= 0.3 is 0 Å². The highest BCUT2D eigenvalue weighted by Crippen LogP contribution is 2.39. The average Bonchev–Trinajstić information content (AvgIpc) is 2.60. The zero-order valence-electron chi connectivity index (χ0n) is 11.3. The Morgan fingerprint density at radius 2 is 2.00 bits per heavy atom. The molecule has 1 aromatic heterocycles. The van der Waals surface area contributed by atoms with Gasteiger partial charge in [0.25, 0.3) is 0 Å². The smallest absolute Gasteiger partial charge is 0.234 e. The van der Waals surface area contributed by atoms with Crippen molar-refractivity contribution in [3.05, 3.63) is 47.8 Å². The van der Waals surface area contributed by atoms with Crippen LogP contribution in [-0.4, -0.2) is 10.9 Å². The lowest BCUT2D eigenvalue weighted by Gasteiger charge is -2.15. The summed E-state index contributed by atoms with van der Waals surface area (Å²) < 4.78 is 0. The predicted molar refractivity (Wildman–Crippen MR) is 76.1 cm³/mol. The molecule has 1 amide bonds. The van der Waals surface area contributed by atoms with Gasteiger partial charge in [-0.2, -0.15) is 0 Å². The quantitative estimate of drug-likeness (QED) is 0.846. The molecule has 3 nitrogen and oxygen atoms in total. The predicted octanol–water partition coefficient (Wildman–Crippen LogP) is 3.29. The lowest BCUT2D eigenvalue weighted by atomic mass is 9.85. The van der Waals surface area contributed by atoms with Crippen LogP contribution in [0, 0.1) is 6.92 Å². The van der Waals surface area contributed by atoms with E-state index in [9.17, 15) is 4.79 Å². The zero-order chi connectivity index (χ0) is 13.6. The van der Waals surface area contributed by atoms with Crippen molar-refractivity contribution in [1.82, 2.24) is 4.98 Å². The summed E-state index contributed by atoms with van der Waals surface area (Å²) in [5.74, 6) is 0.0612. The molecule has 0 spiro atoms. The van der Waals surface area contributed by atoms with Crippen LogP contribution in [-0.2, 0) is 10.2 Å². The molecule has 0 fully saturated rings. The number of benzene rings is 1. The van der Waals surface area contributed by atoms with Crippen LogP contribution >= 0.6 is 0 Å². The number of nitrogens with zero attached hydrogens (tertiary/aromatic N) is 1. The maximum atomic E-state index is 11.9. The Morgan fingerprint density at radius 1 is 1.21 bits per heavy atom. The van der Waals surface area contributed by atoms with Crippen LogP contribution in [0.25, 0.3) is 11.1 Å². The first-order valence-electron chi connectivity index (χ1n) is 6.37. The molecule has 1 N–H and O–H groups in total. The van der Waals surface area contributed by atoms with Crippen molar-refractivity contribution in [2.75, 3.05) is 5.32 Å². The largest absolute Gasteiger partial charge is 0.325 e. The minimum absolute atomic E-state index is 0.0612. The first-order chi connectivity index (χ1) is 9.00. The van der Waals surface area contributed by atoms with Crippen LogP contribution in [0.5, 0.6) is 0 Å². The first kappa shape index (κ1) is 11.9. The third-order valence-corrected chi connectivity index (χ3v) is 3.84. The standard InChI is InChI=1S/C16H16N2O/c1-10-9-17-7-6-12(10)11-4-5-13-14(8-11)18-15(19)16(13,2)3/h4-9H,1-3H3,(H,18,19). The van der Waals surface area contributed by atoms with Crippen molar-refractivity contribution in [2.45, 2.75) is 26.2 Å². The first-order valence-corrected chi connectivity index (χ1v) is 6.37. The van der Waals surface area contributed by atoms with Crippen molar-refractivity contribution < 1.29 is 4.79 Å². The van der Waals surface area contributed by atoms with E-state index in [2.05, 4.69) is 16.4 Å². The van der Waals surface area contributed by atoms with E-state index in [0.717, 1.165) is 27.9 Å². The lowest BCUT2D eigenvalue weighted by molar-refractivity contribution is -0.119. The summed E-state index contributed by atoms with van der Waals surface area (Å²) >= 11 is 0. The summed E-state index contributed by atoms with van der Waals surface area (Å²) in [5, 5.41) is 2.96. The summed E-state index contributed by atoms with van der Waals surface area (Å²) in [5.41, 5.74) is 4.93. The van der Waals surface area contributed by atoms with Crippen LogP contribution in [0.3, 0.4) is 0 Å². The third-order valence-electron chi connectivity index (χ3n) is 3.84. The van der Waals surface area contributed by atoms with Crippen LogP contribution in [0.1, 0.15) is 25.0 Å². The highest BCUT2D eigenvalue weighted by Gasteiger charge is 2.38. The Bertz CT molecular complexity index is 674. The number of pyridine rings is 1. The molecule has 0 bridgehead atoms. The average molecular weight is 252 g/mol. The number of anilines is 1. The molecule has 2 heterocycles. The number of aromatic nitrogens is 1. The van der Waals surface area contributed by atoms with E-state index in [1.165, 1.54) is 0 Å². The number of nitrogens with one attached hydrogen (secondary N) is 1. The number of aryl methyl sites for hydroxylation is 1. The van der Waals surface area contributed by atoms with Gasteiger partial charge in [-0.3, -0.25) is 9.78 Å². The molecule has 0 atom stereocenters. The highest BCUT2D eigenvalue weighted by molar-refractivity contribution is 6.06. The molecule has 1 aromatic carbocycles. The molecule has 3 rings (SSSR count). The number of carbonyl (C=O) groups is 1. The topological polar surface area (TPSA) is 42.0 Å². The van der Waals surface area contributed by atoms with Gasteiger partial charge in [0.2, 0.25) is 5.91 Å². The number of fused-ring (bicyclic) bond motifs is 1. The number of rotatable bonds is 1. The van der Waals surface area contributed by atoms with E-state index in [-0.39, 0.29) is 5.91 Å². The Balaban J connectivity index is 2.13. The van der Waals surface area contributed by atoms with E-state index < -0.39 is 5.41 Å². The molecular formula is C16H16N2O. The third kappa shape index (κ3) is 1.73. The van der Waals surface area contributed by atoms with Crippen LogP contribution < -0.4 is 5.32 Å². The summed E-state index contributed by atoms with van der Waals surface area (Å²) in [6, 6.07) is 8.16. The number of amides is 1. The Morgan fingerprint density at radius 3 is 2.74 bits per heavy atom. The molecular weight excluding hydrogens is 236 g/mol. The minimum atomic E-state index is -0.443. The summed E-state index contributed by atoms with van der Waals surface area (Å²) in [6.07, 6.45) is 3.64. The van der Waals surface area contributed by atoms with Gasteiger partial charge in [-0.05, 0) is 55.2 Å². The van der Waals surface area contributed by atoms with Crippen molar-refractivity contribution in [2.24, 2.45) is 0 Å². The van der Waals surface area contributed by atoms with E-state index in [4.69, 9.17) is 0 Å². The van der Waals surface area contributed by atoms with E-state index in [1.54, 1.807) is 6.20 Å². The fraction of sp³-hybridized carbons (Fsp3) is 0.250. The van der Waals surface area contributed by atoms with Gasteiger partial charge in [0, 0.05) is 18.1 Å². The second-order valence-electron chi connectivity index (χ2n) is 5.53. The second-order valence-corrected chi connectivity index (χ2v) is 5.53.